The van der Waals surface area contributed by atoms with Crippen molar-refractivity contribution in [2.24, 2.45) is 5.73 Å². The summed E-state index contributed by atoms with van der Waals surface area (Å²) in [6, 6.07) is 8.34. The van der Waals surface area contributed by atoms with Gasteiger partial charge in [-0.05, 0) is 56.2 Å². The molecule has 2 heterocycles. The summed E-state index contributed by atoms with van der Waals surface area (Å²) in [4.78, 5) is 15.2. The third kappa shape index (κ3) is 4.20. The summed E-state index contributed by atoms with van der Waals surface area (Å²) in [5.41, 5.74) is 7.42. The fourth-order valence-corrected chi connectivity index (χ4v) is 5.53. The molecule has 2 aliphatic carbocycles. The van der Waals surface area contributed by atoms with Crippen LogP contribution in [0, 0.1) is 0 Å². The highest BCUT2D eigenvalue weighted by Gasteiger charge is 2.41. The normalized spacial score (nSPS) is 25.8. The molecule has 1 aromatic heterocycles. The number of rotatable bonds is 4. The van der Waals surface area contributed by atoms with Crippen molar-refractivity contribution in [3.8, 4) is 0 Å². The van der Waals surface area contributed by atoms with E-state index >= 15 is 0 Å². The maximum atomic E-state index is 13.2. The number of hydrogen-bond acceptors (Lipinski definition) is 4. The summed E-state index contributed by atoms with van der Waals surface area (Å²) in [6.07, 6.45) is 7.45. The van der Waals surface area contributed by atoms with Gasteiger partial charge in [0, 0.05) is 42.0 Å². The quantitative estimate of drug-likeness (QED) is 0.697. The first-order valence-corrected chi connectivity index (χ1v) is 11.2. The molecule has 6 nitrogen and oxygen atoms in total. The Labute approximate surface area is 200 Å². The number of halogens is 3. The number of fused-ring (bicyclic) bond motifs is 1. The van der Waals surface area contributed by atoms with Crippen molar-refractivity contribution in [3.05, 3.63) is 46.5 Å². The summed E-state index contributed by atoms with van der Waals surface area (Å²) < 4.78 is 2.07. The smallest absolute Gasteiger partial charge is 0.292 e. The molecule has 9 heteroatoms. The number of benzene rings is 1. The van der Waals surface area contributed by atoms with Crippen LogP contribution < -0.4 is 5.73 Å². The minimum absolute atomic E-state index is 0. The molecule has 2 N–H and O–H groups in total. The van der Waals surface area contributed by atoms with Crippen LogP contribution in [0.15, 0.2) is 24.3 Å². The van der Waals surface area contributed by atoms with Gasteiger partial charge in [-0.1, -0.05) is 30.2 Å². The standard InChI is InChI=1S/C22H28ClN5O.2ClH/c23-17-6-2-5-16(13-17)22(14-24)9-7-18(8-10-22)27-11-12-28-19(15-3-1-4-15)25-26-20(28)21(27)29;;/h2,5-6,13,15,18H,1,3-4,7-12,14,24H2;2*1H/t18-,22-;;. The van der Waals surface area contributed by atoms with Crippen molar-refractivity contribution < 1.29 is 4.79 Å². The van der Waals surface area contributed by atoms with Gasteiger partial charge in [-0.2, -0.15) is 0 Å². The van der Waals surface area contributed by atoms with Gasteiger partial charge in [0.05, 0.1) is 0 Å². The number of hydrogen-bond donors (Lipinski definition) is 1. The molecule has 1 aromatic carbocycles. The number of nitrogens with two attached hydrogens (primary N) is 1. The molecule has 3 aliphatic rings. The lowest BCUT2D eigenvalue weighted by Gasteiger charge is -2.44. The Morgan fingerprint density at radius 2 is 1.84 bits per heavy atom. The van der Waals surface area contributed by atoms with Gasteiger partial charge in [0.1, 0.15) is 5.82 Å². The molecule has 1 amide bonds. The van der Waals surface area contributed by atoms with Gasteiger partial charge in [-0.25, -0.2) is 0 Å². The molecule has 31 heavy (non-hydrogen) atoms. The predicted octanol–water partition coefficient (Wildman–Crippen LogP) is 4.34. The lowest BCUT2D eigenvalue weighted by atomic mass is 9.68. The van der Waals surface area contributed by atoms with Crippen LogP contribution in [0.25, 0.3) is 0 Å². The van der Waals surface area contributed by atoms with E-state index in [0.717, 1.165) is 49.6 Å². The van der Waals surface area contributed by atoms with E-state index in [1.807, 2.05) is 23.1 Å². The van der Waals surface area contributed by atoms with E-state index in [1.165, 1.54) is 24.8 Å². The second kappa shape index (κ2) is 9.65. The maximum absolute atomic E-state index is 13.2. The van der Waals surface area contributed by atoms with E-state index in [4.69, 9.17) is 17.3 Å². The number of carbonyl (C=O) groups is 1. The molecule has 5 rings (SSSR count). The van der Waals surface area contributed by atoms with E-state index < -0.39 is 0 Å². The van der Waals surface area contributed by atoms with Gasteiger partial charge in [0.15, 0.2) is 0 Å². The number of amides is 1. The number of aromatic nitrogens is 3. The Balaban J connectivity index is 0.00000136. The predicted molar refractivity (Wildman–Crippen MR) is 127 cm³/mol. The molecule has 2 saturated carbocycles. The molecule has 0 radical (unpaired) electrons. The van der Waals surface area contributed by atoms with E-state index in [2.05, 4.69) is 20.8 Å². The number of nitrogens with zero attached hydrogens (tertiary/aromatic N) is 4. The Hall–Kier alpha value is -1.34. The molecule has 0 bridgehead atoms. The second-order valence-electron chi connectivity index (χ2n) is 8.89. The third-order valence-electron chi connectivity index (χ3n) is 7.45. The van der Waals surface area contributed by atoms with Crippen LogP contribution >= 0.6 is 36.4 Å². The minimum atomic E-state index is -0.0440. The fraction of sp³-hybridized carbons (Fsp3) is 0.591. The van der Waals surface area contributed by atoms with Crippen molar-refractivity contribution in [1.82, 2.24) is 19.7 Å². The molecule has 0 unspecified atom stereocenters. The summed E-state index contributed by atoms with van der Waals surface area (Å²) in [6.45, 7) is 2.17. The van der Waals surface area contributed by atoms with Crippen molar-refractivity contribution in [3.63, 3.8) is 0 Å². The zero-order valence-electron chi connectivity index (χ0n) is 17.5. The van der Waals surface area contributed by atoms with Crippen molar-refractivity contribution in [1.29, 1.82) is 0 Å². The molecule has 0 atom stereocenters. The molecular weight excluding hydrogens is 457 g/mol. The van der Waals surface area contributed by atoms with E-state index in [1.54, 1.807) is 0 Å². The fourth-order valence-electron chi connectivity index (χ4n) is 5.34. The first kappa shape index (κ1) is 24.3. The first-order chi connectivity index (χ1) is 14.1. The van der Waals surface area contributed by atoms with Crippen LogP contribution in [-0.4, -0.2) is 44.7 Å². The molecule has 2 fully saturated rings. The zero-order valence-corrected chi connectivity index (χ0v) is 19.9. The summed E-state index contributed by atoms with van der Waals surface area (Å²) in [7, 11) is 0. The molecule has 0 spiro atoms. The Bertz CT molecular complexity index is 922. The van der Waals surface area contributed by atoms with Crippen molar-refractivity contribution in [2.45, 2.75) is 68.9 Å². The molecule has 2 aromatic rings. The molecule has 1 aliphatic heterocycles. The van der Waals surface area contributed by atoms with Gasteiger partial charge < -0.3 is 15.2 Å². The number of carbonyl (C=O) groups excluding carboxylic acids is 1. The Morgan fingerprint density at radius 3 is 2.45 bits per heavy atom. The average Bonchev–Trinajstić information content (AvgIpc) is 3.12. The third-order valence-corrected chi connectivity index (χ3v) is 7.68. The Morgan fingerprint density at radius 1 is 1.10 bits per heavy atom. The monoisotopic (exact) mass is 485 g/mol. The van der Waals surface area contributed by atoms with Crippen LogP contribution in [0.2, 0.25) is 5.02 Å². The SMILES string of the molecule is Cl.Cl.NC[C@]1(c2cccc(Cl)c2)CC[C@H](N2CCn3c(nnc3C3CCC3)C2=O)CC1. The van der Waals surface area contributed by atoms with Crippen LogP contribution in [0.1, 0.15) is 72.9 Å². The largest absolute Gasteiger partial charge is 0.331 e. The molecule has 170 valence electrons. The summed E-state index contributed by atoms with van der Waals surface area (Å²) >= 11 is 6.23. The second-order valence-corrected chi connectivity index (χ2v) is 9.32. The van der Waals surface area contributed by atoms with Gasteiger partial charge in [-0.15, -0.1) is 35.0 Å². The average molecular weight is 487 g/mol. The van der Waals surface area contributed by atoms with E-state index in [-0.39, 0.29) is 42.2 Å². The van der Waals surface area contributed by atoms with Crippen LogP contribution in [0.3, 0.4) is 0 Å². The van der Waals surface area contributed by atoms with E-state index in [0.29, 0.717) is 18.3 Å². The zero-order chi connectivity index (χ0) is 20.0. The van der Waals surface area contributed by atoms with Gasteiger partial charge in [0.2, 0.25) is 5.82 Å². The van der Waals surface area contributed by atoms with Gasteiger partial charge >= 0.3 is 0 Å². The highest BCUT2D eigenvalue weighted by molar-refractivity contribution is 6.30. The highest BCUT2D eigenvalue weighted by atomic mass is 35.5. The lowest BCUT2D eigenvalue weighted by molar-refractivity contribution is 0.0519. The molecule has 0 saturated heterocycles. The minimum Gasteiger partial charge on any atom is -0.331 e. The van der Waals surface area contributed by atoms with Gasteiger partial charge in [-0.3, -0.25) is 4.79 Å². The maximum Gasteiger partial charge on any atom is 0.292 e. The van der Waals surface area contributed by atoms with Crippen molar-refractivity contribution in [2.75, 3.05) is 13.1 Å². The highest BCUT2D eigenvalue weighted by Crippen LogP contribution is 2.42. The topological polar surface area (TPSA) is 77.0 Å². The van der Waals surface area contributed by atoms with Crippen molar-refractivity contribution >= 4 is 42.3 Å². The van der Waals surface area contributed by atoms with Crippen LogP contribution in [0.5, 0.6) is 0 Å². The lowest BCUT2D eigenvalue weighted by Crippen LogP contribution is -2.51. The van der Waals surface area contributed by atoms with E-state index in [9.17, 15) is 4.79 Å². The molecular formula is C22H30Cl3N5O. The van der Waals surface area contributed by atoms with Crippen LogP contribution in [-0.2, 0) is 12.0 Å². The van der Waals surface area contributed by atoms with Gasteiger partial charge in [0.25, 0.3) is 5.91 Å². The summed E-state index contributed by atoms with van der Waals surface area (Å²) in [5.74, 6) is 2.09. The Kier molecular flexibility index (Phi) is 7.57. The summed E-state index contributed by atoms with van der Waals surface area (Å²) in [5, 5.41) is 9.40. The van der Waals surface area contributed by atoms with Crippen LogP contribution in [0.4, 0.5) is 0 Å². The first-order valence-electron chi connectivity index (χ1n) is 10.8.